The average Bonchev–Trinajstić information content (AvgIpc) is 3.18. The fraction of sp³-hybridized carbons (Fsp3) is 0.0870. The maximum Gasteiger partial charge on any atom is 0.270 e. The average molecular weight is 471 g/mol. The minimum absolute atomic E-state index is 0.0340. The van der Waals surface area contributed by atoms with Crippen molar-refractivity contribution < 1.29 is 14.0 Å². The number of hydrogen-bond acceptors (Lipinski definition) is 4. The summed E-state index contributed by atoms with van der Waals surface area (Å²) in [7, 11) is 0. The van der Waals surface area contributed by atoms with Crippen LogP contribution in [-0.2, 0) is 9.59 Å². The fourth-order valence-electron chi connectivity index (χ4n) is 3.25. The van der Waals surface area contributed by atoms with Crippen molar-refractivity contribution in [1.29, 1.82) is 0 Å². The monoisotopic (exact) mass is 470 g/mol. The molecule has 31 heavy (non-hydrogen) atoms. The number of furan rings is 1. The van der Waals surface area contributed by atoms with Gasteiger partial charge in [-0.3, -0.25) is 19.8 Å². The van der Waals surface area contributed by atoms with Crippen molar-refractivity contribution >= 4 is 64.1 Å². The Kier molecular flexibility index (Phi) is 5.71. The smallest absolute Gasteiger partial charge is 0.270 e. The van der Waals surface area contributed by atoms with Crippen LogP contribution in [0.2, 0.25) is 10.0 Å². The topological polar surface area (TPSA) is 62.6 Å². The van der Waals surface area contributed by atoms with Crippen LogP contribution in [0, 0.1) is 13.8 Å². The van der Waals surface area contributed by atoms with Crippen LogP contribution >= 0.6 is 35.4 Å². The molecule has 2 heterocycles. The van der Waals surface area contributed by atoms with Gasteiger partial charge in [-0.05, 0) is 73.6 Å². The zero-order valence-electron chi connectivity index (χ0n) is 16.5. The predicted molar refractivity (Wildman–Crippen MR) is 126 cm³/mol. The molecule has 4 rings (SSSR count). The number of halogens is 2. The summed E-state index contributed by atoms with van der Waals surface area (Å²) in [4.78, 5) is 27.1. The van der Waals surface area contributed by atoms with Crippen molar-refractivity contribution in [1.82, 2.24) is 5.32 Å². The third kappa shape index (κ3) is 4.02. The second-order valence-corrected chi connectivity index (χ2v) is 8.22. The van der Waals surface area contributed by atoms with Gasteiger partial charge in [0.1, 0.15) is 17.1 Å². The predicted octanol–water partition coefficient (Wildman–Crippen LogP) is 5.70. The van der Waals surface area contributed by atoms with Gasteiger partial charge in [-0.15, -0.1) is 0 Å². The SMILES string of the molecule is Cc1ccc(C)c(N2C(=O)/C(=C\c3ccc(-c4cccc(Cl)c4Cl)o3)C(=O)NC2=S)c1. The first-order chi connectivity index (χ1) is 14.8. The van der Waals surface area contributed by atoms with Gasteiger partial charge in [0.25, 0.3) is 11.8 Å². The Balaban J connectivity index is 1.72. The zero-order chi connectivity index (χ0) is 22.3. The first kappa shape index (κ1) is 21.3. The third-order valence-electron chi connectivity index (χ3n) is 4.84. The maximum absolute atomic E-state index is 13.2. The van der Waals surface area contributed by atoms with Gasteiger partial charge in [-0.25, -0.2) is 0 Å². The summed E-state index contributed by atoms with van der Waals surface area (Å²) in [5.41, 5.74) is 2.95. The van der Waals surface area contributed by atoms with Crippen molar-refractivity contribution in [3.63, 3.8) is 0 Å². The highest BCUT2D eigenvalue weighted by molar-refractivity contribution is 7.80. The number of rotatable bonds is 3. The number of nitrogens with zero attached hydrogens (tertiary/aromatic N) is 1. The van der Waals surface area contributed by atoms with Crippen molar-refractivity contribution in [2.45, 2.75) is 13.8 Å². The van der Waals surface area contributed by atoms with Crippen LogP contribution in [0.3, 0.4) is 0 Å². The molecule has 1 aliphatic rings. The second-order valence-electron chi connectivity index (χ2n) is 7.05. The van der Waals surface area contributed by atoms with Crippen molar-refractivity contribution in [2.24, 2.45) is 0 Å². The second kappa shape index (κ2) is 8.30. The Bertz CT molecular complexity index is 1280. The number of anilines is 1. The van der Waals surface area contributed by atoms with Crippen molar-refractivity contribution in [2.75, 3.05) is 4.90 Å². The summed E-state index contributed by atoms with van der Waals surface area (Å²) >= 11 is 17.6. The minimum atomic E-state index is -0.588. The molecule has 0 saturated carbocycles. The van der Waals surface area contributed by atoms with Gasteiger partial charge in [0.05, 0.1) is 15.7 Å². The van der Waals surface area contributed by atoms with Gasteiger partial charge >= 0.3 is 0 Å². The maximum atomic E-state index is 13.2. The number of benzene rings is 2. The lowest BCUT2D eigenvalue weighted by Gasteiger charge is -2.30. The van der Waals surface area contributed by atoms with Crippen molar-refractivity contribution in [3.05, 3.63) is 81.0 Å². The molecule has 0 atom stereocenters. The Morgan fingerprint density at radius 2 is 1.84 bits per heavy atom. The quantitative estimate of drug-likeness (QED) is 0.302. The molecule has 156 valence electrons. The molecule has 5 nitrogen and oxygen atoms in total. The van der Waals surface area contributed by atoms with Crippen LogP contribution in [0.1, 0.15) is 16.9 Å². The van der Waals surface area contributed by atoms with Crippen molar-refractivity contribution in [3.8, 4) is 11.3 Å². The number of aryl methyl sites for hydroxylation is 2. The number of carbonyl (C=O) groups is 2. The highest BCUT2D eigenvalue weighted by Crippen LogP contribution is 2.35. The molecule has 0 radical (unpaired) electrons. The van der Waals surface area contributed by atoms with E-state index < -0.39 is 11.8 Å². The fourth-order valence-corrected chi connectivity index (χ4v) is 3.92. The van der Waals surface area contributed by atoms with Crippen LogP contribution in [0.5, 0.6) is 0 Å². The van der Waals surface area contributed by atoms with Crippen LogP contribution in [0.15, 0.2) is 58.5 Å². The highest BCUT2D eigenvalue weighted by Gasteiger charge is 2.35. The Morgan fingerprint density at radius 3 is 2.61 bits per heavy atom. The Morgan fingerprint density at radius 1 is 1.06 bits per heavy atom. The molecule has 0 aliphatic carbocycles. The van der Waals surface area contributed by atoms with Crippen LogP contribution in [-0.4, -0.2) is 16.9 Å². The molecule has 8 heteroatoms. The number of amides is 2. The Labute approximate surface area is 194 Å². The summed E-state index contributed by atoms with van der Waals surface area (Å²) in [5, 5.41) is 3.37. The van der Waals surface area contributed by atoms with E-state index in [1.54, 1.807) is 30.3 Å². The molecule has 1 aliphatic heterocycles. The normalized spacial score (nSPS) is 15.5. The largest absolute Gasteiger partial charge is 0.457 e. The first-order valence-electron chi connectivity index (χ1n) is 9.29. The van der Waals surface area contributed by atoms with Crippen LogP contribution in [0.4, 0.5) is 5.69 Å². The van der Waals surface area contributed by atoms with E-state index in [-0.39, 0.29) is 10.7 Å². The lowest BCUT2D eigenvalue weighted by Crippen LogP contribution is -2.54. The molecule has 1 aromatic heterocycles. The van der Waals surface area contributed by atoms with E-state index in [0.717, 1.165) is 11.1 Å². The molecule has 0 unspecified atom stereocenters. The lowest BCUT2D eigenvalue weighted by atomic mass is 10.1. The molecule has 1 N–H and O–H groups in total. The number of carbonyl (C=O) groups excluding carboxylic acids is 2. The molecule has 0 spiro atoms. The summed E-state index contributed by atoms with van der Waals surface area (Å²) in [6.45, 7) is 3.79. The molecule has 2 amide bonds. The van der Waals surface area contributed by atoms with Gasteiger partial charge in [0.15, 0.2) is 5.11 Å². The molecule has 2 aromatic carbocycles. The van der Waals surface area contributed by atoms with Crippen LogP contribution < -0.4 is 10.2 Å². The van der Waals surface area contributed by atoms with E-state index in [9.17, 15) is 9.59 Å². The first-order valence-corrected chi connectivity index (χ1v) is 10.5. The van der Waals surface area contributed by atoms with E-state index in [1.165, 1.54) is 11.0 Å². The van der Waals surface area contributed by atoms with Gasteiger partial charge in [0.2, 0.25) is 0 Å². The molecule has 0 bridgehead atoms. The summed E-state index contributed by atoms with van der Waals surface area (Å²) in [6.07, 6.45) is 1.39. The summed E-state index contributed by atoms with van der Waals surface area (Å²) in [5.74, 6) is -0.334. The van der Waals surface area contributed by atoms with Gasteiger partial charge in [-0.2, -0.15) is 0 Å². The van der Waals surface area contributed by atoms with Gasteiger partial charge in [-0.1, -0.05) is 41.4 Å². The molecular weight excluding hydrogens is 455 g/mol. The summed E-state index contributed by atoms with van der Waals surface area (Å²) < 4.78 is 5.81. The molecular formula is C23H16Cl2N2O3S. The van der Waals surface area contributed by atoms with Gasteiger partial charge in [0, 0.05) is 5.56 Å². The van der Waals surface area contributed by atoms with E-state index in [4.69, 9.17) is 39.8 Å². The standard InChI is InChI=1S/C23H16Cl2N2O3S/c1-12-6-7-13(2)18(10-12)27-22(29)16(21(28)26-23(27)31)11-14-8-9-19(30-14)15-4-3-5-17(24)20(15)25/h3-11H,1-2H3,(H,26,28,31)/b16-11-. The van der Waals surface area contributed by atoms with E-state index >= 15 is 0 Å². The highest BCUT2D eigenvalue weighted by atomic mass is 35.5. The van der Waals surface area contributed by atoms with Gasteiger partial charge < -0.3 is 4.42 Å². The van der Waals surface area contributed by atoms with E-state index in [0.29, 0.717) is 32.8 Å². The minimum Gasteiger partial charge on any atom is -0.457 e. The number of nitrogens with one attached hydrogen (secondary N) is 1. The number of hydrogen-bond donors (Lipinski definition) is 1. The molecule has 1 saturated heterocycles. The zero-order valence-corrected chi connectivity index (χ0v) is 18.9. The van der Waals surface area contributed by atoms with Crippen LogP contribution in [0.25, 0.3) is 17.4 Å². The van der Waals surface area contributed by atoms with E-state index in [1.807, 2.05) is 32.0 Å². The third-order valence-corrected chi connectivity index (χ3v) is 5.94. The number of thiocarbonyl (C=S) groups is 1. The lowest BCUT2D eigenvalue weighted by molar-refractivity contribution is -0.122. The summed E-state index contributed by atoms with van der Waals surface area (Å²) in [6, 6.07) is 14.2. The molecule has 1 fully saturated rings. The molecule has 3 aromatic rings. The van der Waals surface area contributed by atoms with E-state index in [2.05, 4.69) is 5.32 Å². The Hall–Kier alpha value is -2.93.